The molecule has 1 aromatic rings. The first-order valence-electron chi connectivity index (χ1n) is 8.22. The van der Waals surface area contributed by atoms with Crippen LogP contribution in [0.2, 0.25) is 5.02 Å². The van der Waals surface area contributed by atoms with Crippen molar-refractivity contribution in [3.05, 3.63) is 23.4 Å². The van der Waals surface area contributed by atoms with Crippen molar-refractivity contribution in [2.24, 2.45) is 5.92 Å². The number of nitrogens with zero attached hydrogens (tertiary/aromatic N) is 4. The van der Waals surface area contributed by atoms with E-state index in [-0.39, 0.29) is 18.0 Å². The van der Waals surface area contributed by atoms with Crippen molar-refractivity contribution in [1.29, 1.82) is 5.26 Å². The van der Waals surface area contributed by atoms with Gasteiger partial charge in [0.15, 0.2) is 0 Å². The third-order valence-corrected chi connectivity index (χ3v) is 4.64. The topological polar surface area (TPSA) is 72.3 Å². The van der Waals surface area contributed by atoms with E-state index in [1.54, 1.807) is 12.1 Å². The van der Waals surface area contributed by atoms with Crippen molar-refractivity contribution in [2.45, 2.75) is 32.9 Å². The molecule has 0 bridgehead atoms. The van der Waals surface area contributed by atoms with Gasteiger partial charge in [-0.3, -0.25) is 14.6 Å². The summed E-state index contributed by atoms with van der Waals surface area (Å²) in [4.78, 5) is 20.8. The Bertz CT molecular complexity index is 590. The van der Waals surface area contributed by atoms with Gasteiger partial charge in [-0.2, -0.15) is 5.26 Å². The fourth-order valence-corrected chi connectivity index (χ4v) is 3.01. The van der Waals surface area contributed by atoms with E-state index in [2.05, 4.69) is 40.0 Å². The molecule has 1 saturated heterocycles. The van der Waals surface area contributed by atoms with Crippen molar-refractivity contribution >= 4 is 23.3 Å². The number of anilines is 1. The number of aromatic nitrogens is 1. The predicted octanol–water partition coefficient (Wildman–Crippen LogP) is 2.23. The van der Waals surface area contributed by atoms with Crippen LogP contribution in [0.3, 0.4) is 0 Å². The number of carbonyl (C=O) groups excluding carboxylic acids is 1. The van der Waals surface area contributed by atoms with Crippen LogP contribution < -0.4 is 5.32 Å². The molecular weight excluding hydrogens is 326 g/mol. The molecule has 7 heteroatoms. The SMILES string of the molecule is CC(C)[C@@H](C#N)N1CCN([C@H](C)C(=O)Nc2ccc(Cl)cn2)CC1. The maximum atomic E-state index is 12.4. The van der Waals surface area contributed by atoms with Crippen molar-refractivity contribution in [1.82, 2.24) is 14.8 Å². The van der Waals surface area contributed by atoms with Gasteiger partial charge in [-0.05, 0) is 25.0 Å². The average Bonchev–Trinajstić information content (AvgIpc) is 2.57. The van der Waals surface area contributed by atoms with Gasteiger partial charge in [-0.1, -0.05) is 25.4 Å². The molecule has 0 saturated carbocycles. The highest BCUT2D eigenvalue weighted by Gasteiger charge is 2.29. The quantitative estimate of drug-likeness (QED) is 0.882. The van der Waals surface area contributed by atoms with Crippen molar-refractivity contribution < 1.29 is 4.79 Å². The Morgan fingerprint density at radius 1 is 1.25 bits per heavy atom. The Hall–Kier alpha value is -1.68. The van der Waals surface area contributed by atoms with Crippen LogP contribution in [-0.4, -0.2) is 59.0 Å². The summed E-state index contributed by atoms with van der Waals surface area (Å²) in [6, 6.07) is 5.46. The Morgan fingerprint density at radius 3 is 2.38 bits per heavy atom. The Balaban J connectivity index is 1.88. The number of piperazine rings is 1. The number of nitrogens with one attached hydrogen (secondary N) is 1. The summed E-state index contributed by atoms with van der Waals surface area (Å²) in [5.41, 5.74) is 0. The number of hydrogen-bond acceptors (Lipinski definition) is 5. The highest BCUT2D eigenvalue weighted by molar-refractivity contribution is 6.30. The van der Waals surface area contributed by atoms with Gasteiger partial charge < -0.3 is 5.32 Å². The molecule has 1 aromatic heterocycles. The number of pyridine rings is 1. The number of amides is 1. The van der Waals surface area contributed by atoms with E-state index in [0.29, 0.717) is 16.8 Å². The minimum atomic E-state index is -0.246. The summed E-state index contributed by atoms with van der Waals surface area (Å²) in [6.07, 6.45) is 1.51. The molecular formula is C17H24ClN5O. The van der Waals surface area contributed by atoms with Crippen LogP contribution in [0.15, 0.2) is 18.3 Å². The maximum Gasteiger partial charge on any atom is 0.242 e. The molecule has 1 N–H and O–H groups in total. The number of nitriles is 1. The molecule has 0 aliphatic carbocycles. The Labute approximate surface area is 148 Å². The largest absolute Gasteiger partial charge is 0.309 e. The lowest BCUT2D eigenvalue weighted by atomic mass is 10.0. The first kappa shape index (κ1) is 18.7. The molecule has 0 aromatic carbocycles. The van der Waals surface area contributed by atoms with Gasteiger partial charge in [-0.15, -0.1) is 0 Å². The zero-order chi connectivity index (χ0) is 17.7. The van der Waals surface area contributed by atoms with Crippen LogP contribution >= 0.6 is 11.6 Å². The number of carbonyl (C=O) groups is 1. The molecule has 0 spiro atoms. The fourth-order valence-electron chi connectivity index (χ4n) is 2.90. The van der Waals surface area contributed by atoms with Crippen LogP contribution in [0.4, 0.5) is 5.82 Å². The van der Waals surface area contributed by atoms with Gasteiger partial charge in [0.05, 0.1) is 17.1 Å². The first-order valence-corrected chi connectivity index (χ1v) is 8.60. The highest BCUT2D eigenvalue weighted by Crippen LogP contribution is 2.16. The molecule has 0 unspecified atom stereocenters. The fraction of sp³-hybridized carbons (Fsp3) is 0.588. The second-order valence-electron chi connectivity index (χ2n) is 6.42. The van der Waals surface area contributed by atoms with Gasteiger partial charge in [0.2, 0.25) is 5.91 Å². The smallest absolute Gasteiger partial charge is 0.242 e. The summed E-state index contributed by atoms with van der Waals surface area (Å²) in [5, 5.41) is 12.7. The summed E-state index contributed by atoms with van der Waals surface area (Å²) in [6.45, 7) is 9.16. The summed E-state index contributed by atoms with van der Waals surface area (Å²) in [7, 11) is 0. The molecule has 130 valence electrons. The molecule has 1 aliphatic heterocycles. The second-order valence-corrected chi connectivity index (χ2v) is 6.85. The Kier molecular flexibility index (Phi) is 6.55. The summed E-state index contributed by atoms with van der Waals surface area (Å²) in [5.74, 6) is 0.719. The molecule has 24 heavy (non-hydrogen) atoms. The van der Waals surface area contributed by atoms with Crippen molar-refractivity contribution in [3.8, 4) is 6.07 Å². The second kappa shape index (κ2) is 8.43. The lowest BCUT2D eigenvalue weighted by Crippen LogP contribution is -2.55. The zero-order valence-corrected chi connectivity index (χ0v) is 15.1. The van der Waals surface area contributed by atoms with Gasteiger partial charge in [0, 0.05) is 32.4 Å². The third-order valence-electron chi connectivity index (χ3n) is 4.41. The summed E-state index contributed by atoms with van der Waals surface area (Å²) < 4.78 is 0. The van der Waals surface area contributed by atoms with E-state index in [4.69, 9.17) is 11.6 Å². The van der Waals surface area contributed by atoms with Crippen LogP contribution in [-0.2, 0) is 4.79 Å². The van der Waals surface area contributed by atoms with Crippen molar-refractivity contribution in [2.75, 3.05) is 31.5 Å². The van der Waals surface area contributed by atoms with E-state index >= 15 is 0 Å². The van der Waals surface area contributed by atoms with Crippen LogP contribution in [0, 0.1) is 17.2 Å². The average molecular weight is 350 g/mol. The molecule has 2 rings (SSSR count). The molecule has 0 radical (unpaired) electrons. The molecule has 2 heterocycles. The van der Waals surface area contributed by atoms with Gasteiger partial charge in [0.25, 0.3) is 0 Å². The van der Waals surface area contributed by atoms with E-state index in [9.17, 15) is 10.1 Å². The van der Waals surface area contributed by atoms with E-state index in [0.717, 1.165) is 26.2 Å². The number of halogens is 1. The summed E-state index contributed by atoms with van der Waals surface area (Å²) >= 11 is 5.79. The standard InChI is InChI=1S/C17H24ClN5O/c1-12(2)15(10-19)23-8-6-22(7-9-23)13(3)17(24)21-16-5-4-14(18)11-20-16/h4-5,11-13,15H,6-9H2,1-3H3,(H,20,21,24)/t13-,15-/m1/s1. The first-order chi connectivity index (χ1) is 11.4. The van der Waals surface area contributed by atoms with Crippen LogP contribution in [0.25, 0.3) is 0 Å². The third kappa shape index (κ3) is 4.67. The van der Waals surface area contributed by atoms with Crippen molar-refractivity contribution in [3.63, 3.8) is 0 Å². The van der Waals surface area contributed by atoms with Gasteiger partial charge in [0.1, 0.15) is 11.9 Å². The Morgan fingerprint density at radius 2 is 1.88 bits per heavy atom. The van der Waals surface area contributed by atoms with Gasteiger partial charge >= 0.3 is 0 Å². The highest BCUT2D eigenvalue weighted by atomic mass is 35.5. The zero-order valence-electron chi connectivity index (χ0n) is 14.4. The molecule has 1 aliphatic rings. The normalized spacial score (nSPS) is 18.8. The minimum Gasteiger partial charge on any atom is -0.309 e. The molecule has 2 atom stereocenters. The number of rotatable bonds is 5. The van der Waals surface area contributed by atoms with Gasteiger partial charge in [-0.25, -0.2) is 4.98 Å². The van der Waals surface area contributed by atoms with Crippen LogP contribution in [0.5, 0.6) is 0 Å². The number of hydrogen-bond donors (Lipinski definition) is 1. The molecule has 6 nitrogen and oxygen atoms in total. The monoisotopic (exact) mass is 349 g/mol. The molecule has 1 fully saturated rings. The minimum absolute atomic E-state index is 0.0606. The predicted molar refractivity (Wildman–Crippen MR) is 94.7 cm³/mol. The van der Waals surface area contributed by atoms with Crippen LogP contribution in [0.1, 0.15) is 20.8 Å². The molecule has 1 amide bonds. The lowest BCUT2D eigenvalue weighted by Gasteiger charge is -2.40. The van der Waals surface area contributed by atoms with E-state index in [1.165, 1.54) is 6.20 Å². The van der Waals surface area contributed by atoms with E-state index < -0.39 is 0 Å². The van der Waals surface area contributed by atoms with E-state index in [1.807, 2.05) is 6.92 Å². The lowest BCUT2D eigenvalue weighted by molar-refractivity contribution is -0.121. The maximum absolute atomic E-state index is 12.4.